The van der Waals surface area contributed by atoms with Crippen molar-refractivity contribution in [1.82, 2.24) is 4.90 Å². The molecule has 1 aliphatic rings. The highest BCUT2D eigenvalue weighted by Gasteiger charge is 2.47. The van der Waals surface area contributed by atoms with Crippen LogP contribution in [0.5, 0.6) is 0 Å². The number of carboxylic acid groups (broad SMARTS) is 1. The Morgan fingerprint density at radius 2 is 2.29 bits per heavy atom. The molecule has 1 fully saturated rings. The summed E-state index contributed by atoms with van der Waals surface area (Å²) < 4.78 is 13.3. The maximum absolute atomic E-state index is 13.3. The molecule has 1 atom stereocenters. The lowest BCUT2D eigenvalue weighted by molar-refractivity contribution is -0.151. The molecule has 0 aliphatic carbocycles. The van der Waals surface area contributed by atoms with Crippen LogP contribution in [0.3, 0.4) is 0 Å². The average Bonchev–Trinajstić information content (AvgIpc) is 2.86. The second kappa shape index (κ2) is 5.82. The van der Waals surface area contributed by atoms with E-state index in [-0.39, 0.29) is 11.5 Å². The van der Waals surface area contributed by atoms with Crippen molar-refractivity contribution in [2.24, 2.45) is 11.3 Å². The Balaban J connectivity index is 2.13. The minimum Gasteiger partial charge on any atom is -0.481 e. The number of carbonyl (C=O) groups is 1. The quantitative estimate of drug-likeness (QED) is 0.926. The largest absolute Gasteiger partial charge is 0.481 e. The molecule has 1 saturated heterocycles. The zero-order valence-electron chi connectivity index (χ0n) is 12.3. The predicted octanol–water partition coefficient (Wildman–Crippen LogP) is 2.63. The van der Waals surface area contributed by atoms with Crippen LogP contribution in [0.2, 0.25) is 0 Å². The third kappa shape index (κ3) is 2.91. The number of benzene rings is 1. The van der Waals surface area contributed by atoms with E-state index in [0.29, 0.717) is 26.1 Å². The molecule has 1 N–H and O–H groups in total. The number of carboxylic acids is 1. The van der Waals surface area contributed by atoms with Crippen molar-refractivity contribution in [2.45, 2.75) is 26.8 Å². The summed E-state index contributed by atoms with van der Waals surface area (Å²) in [6, 6.07) is 6.29. The van der Waals surface area contributed by atoms with Crippen molar-refractivity contribution in [3.05, 3.63) is 35.1 Å². The molecule has 0 spiro atoms. The Hall–Kier alpha value is -1.93. The molecule has 0 saturated carbocycles. The summed E-state index contributed by atoms with van der Waals surface area (Å²) in [4.78, 5) is 13.6. The maximum Gasteiger partial charge on any atom is 0.311 e. The van der Waals surface area contributed by atoms with Crippen LogP contribution in [-0.2, 0) is 11.3 Å². The summed E-state index contributed by atoms with van der Waals surface area (Å²) in [5, 5.41) is 18.4. The lowest BCUT2D eigenvalue weighted by Gasteiger charge is -2.28. The van der Waals surface area contributed by atoms with E-state index in [1.165, 1.54) is 12.1 Å². The van der Waals surface area contributed by atoms with Crippen molar-refractivity contribution < 1.29 is 14.3 Å². The second-order valence-corrected chi connectivity index (χ2v) is 6.00. The van der Waals surface area contributed by atoms with Gasteiger partial charge in [0.1, 0.15) is 11.9 Å². The first kappa shape index (κ1) is 15.5. The van der Waals surface area contributed by atoms with E-state index >= 15 is 0 Å². The number of hydrogen-bond acceptors (Lipinski definition) is 3. The van der Waals surface area contributed by atoms with Gasteiger partial charge in [-0.15, -0.1) is 0 Å². The lowest BCUT2D eigenvalue weighted by atomic mass is 9.76. The topological polar surface area (TPSA) is 64.3 Å². The fourth-order valence-corrected chi connectivity index (χ4v) is 2.96. The molecule has 21 heavy (non-hydrogen) atoms. The highest BCUT2D eigenvalue weighted by molar-refractivity contribution is 5.75. The van der Waals surface area contributed by atoms with Crippen LogP contribution in [0.25, 0.3) is 0 Å². The summed E-state index contributed by atoms with van der Waals surface area (Å²) in [5.74, 6) is -1.22. The summed E-state index contributed by atoms with van der Waals surface area (Å²) in [7, 11) is 0. The first-order chi connectivity index (χ1) is 9.89. The van der Waals surface area contributed by atoms with Crippen LogP contribution >= 0.6 is 0 Å². The van der Waals surface area contributed by atoms with Crippen LogP contribution < -0.4 is 0 Å². The number of rotatable bonds is 4. The van der Waals surface area contributed by atoms with Crippen molar-refractivity contribution in [3.63, 3.8) is 0 Å². The van der Waals surface area contributed by atoms with Crippen molar-refractivity contribution in [1.29, 1.82) is 5.26 Å². The third-order valence-electron chi connectivity index (χ3n) is 4.47. The minimum absolute atomic E-state index is 0.0278. The number of halogens is 1. The van der Waals surface area contributed by atoms with Gasteiger partial charge in [-0.2, -0.15) is 5.26 Å². The van der Waals surface area contributed by atoms with Gasteiger partial charge in [0.25, 0.3) is 0 Å². The highest BCUT2D eigenvalue weighted by atomic mass is 19.1. The molecule has 1 aromatic carbocycles. The Bertz CT molecular complexity index is 594. The molecule has 5 heteroatoms. The molecule has 2 rings (SSSR count). The molecule has 0 radical (unpaired) electrons. The molecule has 1 heterocycles. The van der Waals surface area contributed by atoms with E-state index in [4.69, 9.17) is 5.26 Å². The van der Waals surface area contributed by atoms with Gasteiger partial charge in [-0.1, -0.05) is 19.9 Å². The first-order valence-corrected chi connectivity index (χ1v) is 7.03. The number of nitriles is 1. The second-order valence-electron chi connectivity index (χ2n) is 6.00. The summed E-state index contributed by atoms with van der Waals surface area (Å²) in [5.41, 5.74) is 0.149. The van der Waals surface area contributed by atoms with Crippen LogP contribution in [0.1, 0.15) is 31.4 Å². The van der Waals surface area contributed by atoms with Gasteiger partial charge in [-0.05, 0) is 36.6 Å². The predicted molar refractivity (Wildman–Crippen MR) is 75.9 cm³/mol. The summed E-state index contributed by atoms with van der Waals surface area (Å²) >= 11 is 0. The molecular weight excluding hydrogens is 271 g/mol. The fourth-order valence-electron chi connectivity index (χ4n) is 2.96. The van der Waals surface area contributed by atoms with E-state index in [2.05, 4.69) is 4.90 Å². The number of aliphatic carboxylic acids is 1. The molecular formula is C16H19FN2O2. The van der Waals surface area contributed by atoms with Gasteiger partial charge < -0.3 is 5.11 Å². The van der Waals surface area contributed by atoms with Crippen molar-refractivity contribution in [3.8, 4) is 6.07 Å². The van der Waals surface area contributed by atoms with Crippen LogP contribution in [0.4, 0.5) is 4.39 Å². The normalized spacial score (nSPS) is 22.4. The molecule has 0 bridgehead atoms. The minimum atomic E-state index is -0.753. The maximum atomic E-state index is 13.3. The Kier molecular flexibility index (Phi) is 4.29. The summed E-state index contributed by atoms with van der Waals surface area (Å²) in [6.45, 7) is 5.59. The van der Waals surface area contributed by atoms with E-state index in [0.717, 1.165) is 5.56 Å². The van der Waals surface area contributed by atoms with E-state index in [1.807, 2.05) is 19.9 Å². The van der Waals surface area contributed by atoms with Gasteiger partial charge in [-0.25, -0.2) is 4.39 Å². The summed E-state index contributed by atoms with van der Waals surface area (Å²) in [6.07, 6.45) is 0.617. The molecule has 4 nitrogen and oxygen atoms in total. The molecule has 1 aromatic rings. The first-order valence-electron chi connectivity index (χ1n) is 7.03. The number of nitrogens with zero attached hydrogens (tertiary/aromatic N) is 2. The number of hydrogen-bond donors (Lipinski definition) is 1. The van der Waals surface area contributed by atoms with E-state index in [1.54, 1.807) is 6.07 Å². The highest BCUT2D eigenvalue weighted by Crippen LogP contribution is 2.38. The van der Waals surface area contributed by atoms with Gasteiger partial charge in [-0.3, -0.25) is 9.69 Å². The van der Waals surface area contributed by atoms with E-state index < -0.39 is 17.2 Å². The van der Waals surface area contributed by atoms with Gasteiger partial charge in [0.05, 0.1) is 11.0 Å². The Morgan fingerprint density at radius 1 is 1.57 bits per heavy atom. The number of likely N-dealkylation sites (tertiary alicyclic amines) is 1. The standard InChI is InChI=1S/C16H19FN2O2/c1-11(2)16(15(20)21)5-6-19(10-16)9-12-3-4-14(17)13(7-12)8-18/h3-4,7,11H,5-6,9-10H2,1-2H3,(H,20,21). The van der Waals surface area contributed by atoms with Crippen LogP contribution in [-0.4, -0.2) is 29.1 Å². The SMILES string of the molecule is CC(C)C1(C(=O)O)CCN(Cc2ccc(F)c(C#N)c2)C1. The zero-order chi connectivity index (χ0) is 15.6. The Morgan fingerprint density at radius 3 is 2.81 bits per heavy atom. The smallest absolute Gasteiger partial charge is 0.311 e. The molecule has 1 unspecified atom stereocenters. The van der Waals surface area contributed by atoms with Crippen LogP contribution in [0, 0.1) is 28.5 Å². The van der Waals surface area contributed by atoms with Gasteiger partial charge in [0, 0.05) is 13.1 Å². The fraction of sp³-hybridized carbons (Fsp3) is 0.500. The molecule has 0 amide bonds. The van der Waals surface area contributed by atoms with Crippen molar-refractivity contribution >= 4 is 5.97 Å². The Labute approximate surface area is 123 Å². The van der Waals surface area contributed by atoms with Gasteiger partial charge >= 0.3 is 5.97 Å². The van der Waals surface area contributed by atoms with Gasteiger partial charge in [0.2, 0.25) is 0 Å². The van der Waals surface area contributed by atoms with E-state index in [9.17, 15) is 14.3 Å². The molecule has 1 aliphatic heterocycles. The molecule has 0 aromatic heterocycles. The average molecular weight is 290 g/mol. The van der Waals surface area contributed by atoms with Gasteiger partial charge in [0.15, 0.2) is 0 Å². The molecule has 112 valence electrons. The lowest BCUT2D eigenvalue weighted by Crippen LogP contribution is -2.39. The monoisotopic (exact) mass is 290 g/mol. The van der Waals surface area contributed by atoms with Crippen LogP contribution in [0.15, 0.2) is 18.2 Å². The zero-order valence-corrected chi connectivity index (χ0v) is 12.3. The van der Waals surface area contributed by atoms with Crippen molar-refractivity contribution in [2.75, 3.05) is 13.1 Å². The third-order valence-corrected chi connectivity index (χ3v) is 4.47.